The van der Waals surface area contributed by atoms with Gasteiger partial charge in [-0.05, 0) is 103 Å². The number of hydrogen-bond donors (Lipinski definition) is 3. The van der Waals surface area contributed by atoms with E-state index in [-0.39, 0.29) is 38.7 Å². The van der Waals surface area contributed by atoms with Crippen LogP contribution in [-0.4, -0.2) is 60.5 Å². The van der Waals surface area contributed by atoms with Crippen LogP contribution in [0.2, 0.25) is 0 Å². The molecule has 0 aromatic carbocycles. The lowest BCUT2D eigenvalue weighted by Crippen LogP contribution is -2.29. The van der Waals surface area contributed by atoms with Gasteiger partial charge in [-0.25, -0.2) is 4.57 Å². The van der Waals surface area contributed by atoms with Crippen molar-refractivity contribution in [3.05, 3.63) is 71.3 Å². The summed E-state index contributed by atoms with van der Waals surface area (Å²) < 4.78 is 39.0. The molecule has 4 N–H and O–H groups in total. The molecule has 0 spiro atoms. The average molecular weight is 822 g/mol. The normalized spacial score (nSPS) is 14.3. The van der Waals surface area contributed by atoms with E-state index in [1.54, 1.807) is 0 Å². The van der Waals surface area contributed by atoms with Crippen LogP contribution in [0.1, 0.15) is 158 Å². The first-order valence-corrected chi connectivity index (χ1v) is 23.0. The lowest BCUT2D eigenvalue weighted by Gasteiger charge is -2.19. The Labute approximate surface area is 344 Å². The van der Waals surface area contributed by atoms with Crippen LogP contribution in [0.5, 0.6) is 0 Å². The van der Waals surface area contributed by atoms with Crippen molar-refractivity contribution >= 4 is 19.8 Å². The zero-order chi connectivity index (χ0) is 42.0. The van der Waals surface area contributed by atoms with Crippen molar-refractivity contribution in [2.75, 3.05) is 26.4 Å². The fourth-order valence-corrected chi connectivity index (χ4v) is 6.71. The Kier molecular flexibility index (Phi) is 31.3. The highest BCUT2D eigenvalue weighted by atomic mass is 31.2. The molecule has 1 aromatic rings. The van der Waals surface area contributed by atoms with Crippen molar-refractivity contribution in [3.63, 3.8) is 0 Å². The number of hydrogen-bond acceptors (Lipinski definition) is 10. The molecule has 0 amide bonds. The molecule has 57 heavy (non-hydrogen) atoms. The number of aliphatic hydroxyl groups is 1. The molecule has 0 fully saturated rings. The molecule has 0 saturated carbocycles. The van der Waals surface area contributed by atoms with Gasteiger partial charge in [0, 0.05) is 32.2 Å². The van der Waals surface area contributed by atoms with E-state index in [2.05, 4.69) is 63.3 Å². The van der Waals surface area contributed by atoms with Gasteiger partial charge in [-0.2, -0.15) is 0 Å². The van der Waals surface area contributed by atoms with Crippen LogP contribution in [-0.2, 0) is 45.5 Å². The second-order valence-corrected chi connectivity index (χ2v) is 16.2. The van der Waals surface area contributed by atoms with E-state index in [9.17, 15) is 24.2 Å². The Bertz CT molecular complexity index is 1370. The van der Waals surface area contributed by atoms with Gasteiger partial charge in [0.2, 0.25) is 0 Å². The molecular formula is C45H76NO10P. The van der Waals surface area contributed by atoms with Gasteiger partial charge in [0.25, 0.3) is 0 Å². The molecule has 0 aliphatic carbocycles. The van der Waals surface area contributed by atoms with Crippen LogP contribution in [0, 0.1) is 13.8 Å². The number of nitrogens with two attached hydrogens (primary N) is 1. The first-order valence-electron chi connectivity index (χ1n) is 21.5. The summed E-state index contributed by atoms with van der Waals surface area (Å²) in [4.78, 5) is 35.0. The van der Waals surface area contributed by atoms with Gasteiger partial charge in [-0.1, -0.05) is 94.1 Å². The van der Waals surface area contributed by atoms with Gasteiger partial charge < -0.3 is 29.6 Å². The molecule has 1 aromatic heterocycles. The Balaban J connectivity index is 2.33. The first kappa shape index (κ1) is 52.2. The lowest BCUT2D eigenvalue weighted by atomic mass is 10.0. The molecule has 11 nitrogen and oxygen atoms in total. The number of phosphoric ester groups is 1. The smallest absolute Gasteiger partial charge is 0.466 e. The predicted octanol–water partition coefficient (Wildman–Crippen LogP) is 10.6. The number of allylic oxidation sites excluding steroid dienone is 8. The Morgan fingerprint density at radius 2 is 1.25 bits per heavy atom. The SMILES string of the molecule is CCCCCc1oc(CCCCCCCCC(=O)O[C@H](COC(=O)CCC/C=C\C/C=C\C/C=C\C/C=C\CCC[C@@H](C)O)COP(=O)(O)OCCN)c(C)c1C. The number of phosphoric acid groups is 1. The molecule has 326 valence electrons. The molecule has 0 radical (unpaired) electrons. The van der Waals surface area contributed by atoms with Crippen molar-refractivity contribution in [3.8, 4) is 0 Å². The molecule has 12 heteroatoms. The summed E-state index contributed by atoms with van der Waals surface area (Å²) in [5.41, 5.74) is 7.93. The number of unbranched alkanes of at least 4 members (excludes halogenated alkanes) is 9. The van der Waals surface area contributed by atoms with Crippen LogP contribution in [0.25, 0.3) is 0 Å². The van der Waals surface area contributed by atoms with Gasteiger partial charge in [0.1, 0.15) is 18.1 Å². The third kappa shape index (κ3) is 29.1. The van der Waals surface area contributed by atoms with Crippen molar-refractivity contribution in [2.45, 2.75) is 175 Å². The van der Waals surface area contributed by atoms with Crippen molar-refractivity contribution in [1.82, 2.24) is 0 Å². The Morgan fingerprint density at radius 3 is 1.82 bits per heavy atom. The highest BCUT2D eigenvalue weighted by Gasteiger charge is 2.26. The van der Waals surface area contributed by atoms with Gasteiger partial charge >= 0.3 is 19.8 Å². The summed E-state index contributed by atoms with van der Waals surface area (Å²) in [6, 6.07) is 0. The van der Waals surface area contributed by atoms with E-state index < -0.39 is 32.5 Å². The van der Waals surface area contributed by atoms with Gasteiger partial charge in [-0.15, -0.1) is 0 Å². The van der Waals surface area contributed by atoms with Crippen LogP contribution >= 0.6 is 7.82 Å². The Morgan fingerprint density at radius 1 is 0.719 bits per heavy atom. The summed E-state index contributed by atoms with van der Waals surface area (Å²) in [7, 11) is -4.42. The van der Waals surface area contributed by atoms with Gasteiger partial charge in [0.15, 0.2) is 6.10 Å². The van der Waals surface area contributed by atoms with Crippen LogP contribution in [0.4, 0.5) is 0 Å². The van der Waals surface area contributed by atoms with Crippen molar-refractivity contribution in [2.24, 2.45) is 5.73 Å². The van der Waals surface area contributed by atoms with E-state index in [0.29, 0.717) is 19.3 Å². The van der Waals surface area contributed by atoms with Gasteiger partial charge in [-0.3, -0.25) is 18.6 Å². The molecule has 0 bridgehead atoms. The van der Waals surface area contributed by atoms with E-state index in [4.69, 9.17) is 28.7 Å². The van der Waals surface area contributed by atoms with Crippen molar-refractivity contribution < 1.29 is 47.1 Å². The summed E-state index contributed by atoms with van der Waals surface area (Å²) in [6.45, 7) is 7.43. The maximum absolute atomic E-state index is 12.7. The zero-order valence-corrected chi connectivity index (χ0v) is 36.5. The number of aryl methyl sites for hydroxylation is 2. The second-order valence-electron chi connectivity index (χ2n) is 14.7. The summed E-state index contributed by atoms with van der Waals surface area (Å²) in [5, 5.41) is 9.27. The molecular weight excluding hydrogens is 745 g/mol. The lowest BCUT2D eigenvalue weighted by molar-refractivity contribution is -0.161. The maximum atomic E-state index is 12.7. The summed E-state index contributed by atoms with van der Waals surface area (Å²) in [5.74, 6) is 1.31. The second kappa shape index (κ2) is 34.1. The predicted molar refractivity (Wildman–Crippen MR) is 229 cm³/mol. The molecule has 1 heterocycles. The van der Waals surface area contributed by atoms with Crippen molar-refractivity contribution in [1.29, 1.82) is 0 Å². The van der Waals surface area contributed by atoms with E-state index in [1.807, 2.05) is 13.0 Å². The number of rotatable bonds is 36. The third-order valence-corrected chi connectivity index (χ3v) is 10.4. The minimum absolute atomic E-state index is 0.0310. The average Bonchev–Trinajstić information content (AvgIpc) is 3.45. The standard InChI is InChI=1S/C45H76NO10P/c1-5-6-24-30-42-39(3)40(4)43(56-42)31-26-21-18-19-23-28-33-45(49)55-41(37-54-57(50,51)53-35-34-46)36-52-44(48)32-27-22-17-15-13-11-9-7-8-10-12-14-16-20-25-29-38(2)47/h8-11,14-17,38,41,47H,5-7,12-13,18-37,46H2,1-4H3,(H,50,51)/b10-8-,11-9-,16-14-,17-15-/t38-,41-/m1/s1. The fourth-order valence-electron chi connectivity index (χ4n) is 5.94. The maximum Gasteiger partial charge on any atom is 0.472 e. The van der Waals surface area contributed by atoms with Crippen LogP contribution in [0.15, 0.2) is 53.0 Å². The number of furan rings is 1. The van der Waals surface area contributed by atoms with E-state index >= 15 is 0 Å². The number of esters is 2. The van der Waals surface area contributed by atoms with Crippen LogP contribution < -0.4 is 5.73 Å². The highest BCUT2D eigenvalue weighted by molar-refractivity contribution is 7.47. The first-order chi connectivity index (χ1) is 27.5. The largest absolute Gasteiger partial charge is 0.472 e. The molecule has 0 saturated heterocycles. The third-order valence-electron chi connectivity index (χ3n) is 9.44. The van der Waals surface area contributed by atoms with Gasteiger partial charge in [0.05, 0.1) is 19.3 Å². The summed E-state index contributed by atoms with van der Waals surface area (Å²) in [6.07, 6.45) is 34.0. The number of aliphatic hydroxyl groups excluding tert-OH is 1. The fraction of sp³-hybridized carbons (Fsp3) is 0.689. The molecule has 0 aliphatic rings. The molecule has 3 atom stereocenters. The van der Waals surface area contributed by atoms with E-state index in [0.717, 1.165) is 95.0 Å². The Hall–Kier alpha value is -2.79. The minimum Gasteiger partial charge on any atom is -0.466 e. The minimum atomic E-state index is -4.42. The number of carbonyl (C=O) groups excluding carboxylic acids is 2. The quantitative estimate of drug-likeness (QED) is 0.0255. The number of ether oxygens (including phenoxy) is 2. The molecule has 0 aliphatic heterocycles. The summed E-state index contributed by atoms with van der Waals surface area (Å²) >= 11 is 0. The molecule has 1 unspecified atom stereocenters. The highest BCUT2D eigenvalue weighted by Crippen LogP contribution is 2.43. The van der Waals surface area contributed by atoms with E-state index in [1.165, 1.54) is 30.4 Å². The monoisotopic (exact) mass is 822 g/mol. The topological polar surface area (TPSA) is 168 Å². The zero-order valence-electron chi connectivity index (χ0n) is 35.6. The van der Waals surface area contributed by atoms with Crippen LogP contribution in [0.3, 0.4) is 0 Å². The molecule has 1 rings (SSSR count). The number of carbonyl (C=O) groups is 2.